The summed E-state index contributed by atoms with van der Waals surface area (Å²) in [7, 11) is 0. The molecule has 1 rings (SSSR count). The zero-order chi connectivity index (χ0) is 10.9. The van der Waals surface area contributed by atoms with Crippen molar-refractivity contribution in [3.63, 3.8) is 0 Å². The molecule has 1 saturated heterocycles. The van der Waals surface area contributed by atoms with Crippen LogP contribution in [0, 0.1) is 11.8 Å². The van der Waals surface area contributed by atoms with Crippen molar-refractivity contribution in [3.05, 3.63) is 0 Å². The highest BCUT2D eigenvalue weighted by Gasteiger charge is 2.16. The van der Waals surface area contributed by atoms with Crippen LogP contribution in [0.15, 0.2) is 0 Å². The van der Waals surface area contributed by atoms with Gasteiger partial charge in [0.25, 0.3) is 0 Å². The summed E-state index contributed by atoms with van der Waals surface area (Å²) in [5.41, 5.74) is 0. The van der Waals surface area contributed by atoms with Crippen molar-refractivity contribution in [3.8, 4) is 11.8 Å². The van der Waals surface area contributed by atoms with E-state index in [1.54, 1.807) is 0 Å². The van der Waals surface area contributed by atoms with Crippen molar-refractivity contribution in [2.24, 2.45) is 0 Å². The molecule has 0 bridgehead atoms. The quantitative estimate of drug-likeness (QED) is 0.721. The Morgan fingerprint density at radius 3 is 3.00 bits per heavy atom. The highest BCUT2D eigenvalue weighted by Crippen LogP contribution is 2.16. The van der Waals surface area contributed by atoms with E-state index in [2.05, 4.69) is 11.8 Å². The number of hydrogen-bond donors (Lipinski definition) is 1. The summed E-state index contributed by atoms with van der Waals surface area (Å²) in [6.07, 6.45) is 5.19. The SMILES string of the molecule is CC(CCC#CCO)OC1CCCCO1. The Morgan fingerprint density at radius 2 is 2.33 bits per heavy atom. The Balaban J connectivity index is 2.08. The lowest BCUT2D eigenvalue weighted by Gasteiger charge is -2.25. The summed E-state index contributed by atoms with van der Waals surface area (Å²) in [6, 6.07) is 0. The van der Waals surface area contributed by atoms with E-state index in [1.807, 2.05) is 6.92 Å². The van der Waals surface area contributed by atoms with E-state index in [0.717, 1.165) is 32.3 Å². The molecule has 1 N–H and O–H groups in total. The molecule has 1 aliphatic rings. The smallest absolute Gasteiger partial charge is 0.157 e. The number of hydrogen-bond acceptors (Lipinski definition) is 3. The Bertz CT molecular complexity index is 211. The second kappa shape index (κ2) is 7.70. The zero-order valence-electron chi connectivity index (χ0n) is 9.37. The van der Waals surface area contributed by atoms with Crippen molar-refractivity contribution < 1.29 is 14.6 Å². The minimum atomic E-state index is -0.0546. The lowest BCUT2D eigenvalue weighted by atomic mass is 10.2. The van der Waals surface area contributed by atoms with E-state index in [0.29, 0.717) is 0 Å². The Kier molecular flexibility index (Phi) is 6.42. The van der Waals surface area contributed by atoms with Gasteiger partial charge >= 0.3 is 0 Å². The molecule has 3 heteroatoms. The van der Waals surface area contributed by atoms with Crippen LogP contribution in [0.5, 0.6) is 0 Å². The highest BCUT2D eigenvalue weighted by molar-refractivity contribution is 4.98. The first-order valence-corrected chi connectivity index (χ1v) is 5.66. The van der Waals surface area contributed by atoms with Crippen LogP contribution in [0.2, 0.25) is 0 Å². The van der Waals surface area contributed by atoms with Gasteiger partial charge in [-0.3, -0.25) is 0 Å². The molecule has 0 aromatic rings. The third kappa shape index (κ3) is 5.78. The normalized spacial score (nSPS) is 22.9. The molecule has 0 saturated carbocycles. The third-order valence-electron chi connectivity index (χ3n) is 2.40. The van der Waals surface area contributed by atoms with Crippen LogP contribution in [-0.2, 0) is 9.47 Å². The molecule has 0 aromatic carbocycles. The molecule has 0 radical (unpaired) electrons. The minimum Gasteiger partial charge on any atom is -0.384 e. The van der Waals surface area contributed by atoms with Gasteiger partial charge in [0.2, 0.25) is 0 Å². The summed E-state index contributed by atoms with van der Waals surface area (Å²) < 4.78 is 11.2. The number of rotatable bonds is 4. The van der Waals surface area contributed by atoms with E-state index in [4.69, 9.17) is 14.6 Å². The van der Waals surface area contributed by atoms with Crippen LogP contribution >= 0.6 is 0 Å². The van der Waals surface area contributed by atoms with E-state index in [1.165, 1.54) is 6.42 Å². The van der Waals surface area contributed by atoms with Crippen molar-refractivity contribution >= 4 is 0 Å². The molecule has 15 heavy (non-hydrogen) atoms. The topological polar surface area (TPSA) is 38.7 Å². The van der Waals surface area contributed by atoms with Gasteiger partial charge in [-0.05, 0) is 32.6 Å². The predicted octanol–water partition coefficient (Wildman–Crippen LogP) is 1.69. The minimum absolute atomic E-state index is 0.0143. The van der Waals surface area contributed by atoms with E-state index in [-0.39, 0.29) is 19.0 Å². The summed E-state index contributed by atoms with van der Waals surface area (Å²) in [6.45, 7) is 2.81. The standard InChI is InChI=1S/C12H20O3/c1-11(7-3-2-5-9-13)15-12-8-4-6-10-14-12/h11-13H,3-4,6-10H2,1H3. The van der Waals surface area contributed by atoms with Crippen LogP contribution in [-0.4, -0.2) is 30.7 Å². The molecule has 1 fully saturated rings. The summed E-state index contributed by atoms with van der Waals surface area (Å²) in [5.74, 6) is 5.51. The van der Waals surface area contributed by atoms with Crippen molar-refractivity contribution in [1.29, 1.82) is 0 Å². The molecule has 86 valence electrons. The monoisotopic (exact) mass is 212 g/mol. The molecule has 0 amide bonds. The maximum atomic E-state index is 8.47. The first kappa shape index (κ1) is 12.5. The molecule has 2 unspecified atom stereocenters. The Labute approximate surface area is 91.8 Å². The predicted molar refractivity (Wildman–Crippen MR) is 58.2 cm³/mol. The van der Waals surface area contributed by atoms with Gasteiger partial charge in [0, 0.05) is 13.0 Å². The average molecular weight is 212 g/mol. The molecular formula is C12H20O3. The first-order chi connectivity index (χ1) is 7.33. The number of aliphatic hydroxyl groups is 1. The second-order valence-electron chi connectivity index (χ2n) is 3.79. The average Bonchev–Trinajstić information content (AvgIpc) is 2.26. The van der Waals surface area contributed by atoms with Gasteiger partial charge in [0.1, 0.15) is 6.61 Å². The fourth-order valence-corrected chi connectivity index (χ4v) is 1.57. The van der Waals surface area contributed by atoms with Crippen LogP contribution in [0.1, 0.15) is 39.0 Å². The molecule has 1 heterocycles. The maximum absolute atomic E-state index is 8.47. The fourth-order valence-electron chi connectivity index (χ4n) is 1.57. The molecule has 3 nitrogen and oxygen atoms in total. The van der Waals surface area contributed by atoms with Gasteiger partial charge in [-0.25, -0.2) is 0 Å². The summed E-state index contributed by atoms with van der Waals surface area (Å²) >= 11 is 0. The third-order valence-corrected chi connectivity index (χ3v) is 2.40. The largest absolute Gasteiger partial charge is 0.384 e. The zero-order valence-corrected chi connectivity index (χ0v) is 9.37. The number of ether oxygens (including phenoxy) is 2. The van der Waals surface area contributed by atoms with E-state index in [9.17, 15) is 0 Å². The van der Waals surface area contributed by atoms with Gasteiger partial charge < -0.3 is 14.6 Å². The fraction of sp³-hybridized carbons (Fsp3) is 0.833. The van der Waals surface area contributed by atoms with Crippen molar-refractivity contribution in [2.45, 2.75) is 51.4 Å². The van der Waals surface area contributed by atoms with Gasteiger partial charge in [-0.15, -0.1) is 5.92 Å². The number of aliphatic hydroxyl groups excluding tert-OH is 1. The van der Waals surface area contributed by atoms with Crippen LogP contribution in [0.3, 0.4) is 0 Å². The highest BCUT2D eigenvalue weighted by atomic mass is 16.7. The van der Waals surface area contributed by atoms with Crippen LogP contribution < -0.4 is 0 Å². The Morgan fingerprint density at radius 1 is 1.47 bits per heavy atom. The van der Waals surface area contributed by atoms with Gasteiger partial charge in [-0.2, -0.15) is 0 Å². The molecule has 0 aromatic heterocycles. The first-order valence-electron chi connectivity index (χ1n) is 5.66. The molecule has 0 spiro atoms. The van der Waals surface area contributed by atoms with Crippen molar-refractivity contribution in [2.75, 3.05) is 13.2 Å². The lowest BCUT2D eigenvalue weighted by molar-refractivity contribution is -0.185. The molecule has 0 aliphatic carbocycles. The van der Waals surface area contributed by atoms with Gasteiger partial charge in [-0.1, -0.05) is 5.92 Å². The van der Waals surface area contributed by atoms with Crippen molar-refractivity contribution in [1.82, 2.24) is 0 Å². The van der Waals surface area contributed by atoms with E-state index < -0.39 is 0 Å². The molecular weight excluding hydrogens is 192 g/mol. The second-order valence-corrected chi connectivity index (χ2v) is 3.79. The summed E-state index contributed by atoms with van der Waals surface area (Å²) in [5, 5.41) is 8.47. The lowest BCUT2D eigenvalue weighted by Crippen LogP contribution is -2.26. The van der Waals surface area contributed by atoms with Crippen LogP contribution in [0.25, 0.3) is 0 Å². The van der Waals surface area contributed by atoms with Crippen LogP contribution in [0.4, 0.5) is 0 Å². The Hall–Kier alpha value is -0.560. The van der Waals surface area contributed by atoms with E-state index >= 15 is 0 Å². The maximum Gasteiger partial charge on any atom is 0.157 e. The summed E-state index contributed by atoms with van der Waals surface area (Å²) in [4.78, 5) is 0. The molecule has 2 atom stereocenters. The molecule has 1 aliphatic heterocycles. The van der Waals surface area contributed by atoms with Gasteiger partial charge in [0.05, 0.1) is 6.10 Å². The van der Waals surface area contributed by atoms with Gasteiger partial charge in [0.15, 0.2) is 6.29 Å².